The number of carboxylic acid groups (broad SMARTS) is 3. The van der Waals surface area contributed by atoms with Gasteiger partial charge in [0.25, 0.3) is 0 Å². The number of halogens is 3. The molecule has 0 aliphatic heterocycles. The van der Waals surface area contributed by atoms with Crippen LogP contribution in [0.15, 0.2) is 4.99 Å². The predicted molar refractivity (Wildman–Crippen MR) is 128 cm³/mol. The fraction of sp³-hybridized carbons (Fsp3) is 0.579. The van der Waals surface area contributed by atoms with Crippen molar-refractivity contribution in [2.24, 2.45) is 22.2 Å². The zero-order chi connectivity index (χ0) is 32.3. The largest absolute Gasteiger partial charge is 0.490 e. The molecule has 0 saturated heterocycles. The fourth-order valence-electron chi connectivity index (χ4n) is 2.40. The molecular weight excluding hydrogens is 573 g/mol. The number of aliphatic carboxylic acids is 3. The first-order valence-corrected chi connectivity index (χ1v) is 11.1. The van der Waals surface area contributed by atoms with Crippen molar-refractivity contribution in [1.82, 2.24) is 21.3 Å². The van der Waals surface area contributed by atoms with Crippen LogP contribution in [0, 0.1) is 0 Å². The maximum atomic E-state index is 12.4. The molecule has 19 nitrogen and oxygen atoms in total. The summed E-state index contributed by atoms with van der Waals surface area (Å²) in [5.74, 6) is -9.52. The van der Waals surface area contributed by atoms with E-state index in [4.69, 9.17) is 42.4 Å². The zero-order valence-corrected chi connectivity index (χ0v) is 21.1. The number of carbonyl (C=O) groups excluding carboxylic acids is 4. The lowest BCUT2D eigenvalue weighted by Crippen LogP contribution is -2.55. The molecule has 14 N–H and O–H groups in total. The Morgan fingerprint density at radius 3 is 1.78 bits per heavy atom. The molecule has 0 heterocycles. The summed E-state index contributed by atoms with van der Waals surface area (Å²) in [6.45, 7) is -1.89. The van der Waals surface area contributed by atoms with E-state index in [0.717, 1.165) is 0 Å². The monoisotopic (exact) mass is 604 g/mol. The van der Waals surface area contributed by atoms with Crippen LogP contribution in [0.2, 0.25) is 0 Å². The van der Waals surface area contributed by atoms with Crippen molar-refractivity contribution in [1.29, 1.82) is 0 Å². The van der Waals surface area contributed by atoms with E-state index in [1.165, 1.54) is 0 Å². The van der Waals surface area contributed by atoms with Crippen LogP contribution in [0.3, 0.4) is 0 Å². The topological polar surface area (TPSA) is 339 Å². The Hall–Kier alpha value is -4.73. The first kappa shape index (κ1) is 38.4. The highest BCUT2D eigenvalue weighted by atomic mass is 19.4. The van der Waals surface area contributed by atoms with E-state index in [9.17, 15) is 41.9 Å². The van der Waals surface area contributed by atoms with E-state index in [-0.39, 0.29) is 18.9 Å². The van der Waals surface area contributed by atoms with Gasteiger partial charge in [-0.15, -0.1) is 0 Å². The van der Waals surface area contributed by atoms with Crippen LogP contribution in [0.25, 0.3) is 0 Å². The SMILES string of the molecule is NCC(=O)N[C@@H](CCCN=C(N)N)C(=O)NCC(=O)N[C@@H](CC(=O)O)C(=O)N[C@@H](CO)C(=O)O.O=C(O)C(F)(F)F. The van der Waals surface area contributed by atoms with Gasteiger partial charge in [-0.2, -0.15) is 13.2 Å². The molecule has 4 amide bonds. The number of alkyl halides is 3. The van der Waals surface area contributed by atoms with Gasteiger partial charge in [0.1, 0.15) is 18.1 Å². The summed E-state index contributed by atoms with van der Waals surface area (Å²) in [6, 6.07) is -4.49. The summed E-state index contributed by atoms with van der Waals surface area (Å²) in [5.41, 5.74) is 15.6. The Kier molecular flexibility index (Phi) is 18.1. The van der Waals surface area contributed by atoms with Gasteiger partial charge in [0.05, 0.1) is 26.1 Å². The van der Waals surface area contributed by atoms with Crippen molar-refractivity contribution in [3.63, 3.8) is 0 Å². The average Bonchev–Trinajstić information content (AvgIpc) is 2.85. The van der Waals surface area contributed by atoms with Crippen molar-refractivity contribution in [2.75, 3.05) is 26.2 Å². The van der Waals surface area contributed by atoms with Gasteiger partial charge in [-0.3, -0.25) is 29.0 Å². The maximum absolute atomic E-state index is 12.4. The van der Waals surface area contributed by atoms with Crippen molar-refractivity contribution in [2.45, 2.75) is 43.6 Å². The highest BCUT2D eigenvalue weighted by Crippen LogP contribution is 2.13. The minimum atomic E-state index is -5.08. The Bertz CT molecular complexity index is 974. The van der Waals surface area contributed by atoms with Gasteiger partial charge < -0.3 is 58.9 Å². The van der Waals surface area contributed by atoms with Crippen molar-refractivity contribution < 1.29 is 67.2 Å². The number of rotatable bonds is 16. The van der Waals surface area contributed by atoms with Crippen LogP contribution in [0.1, 0.15) is 19.3 Å². The Morgan fingerprint density at radius 1 is 0.829 bits per heavy atom. The molecule has 0 radical (unpaired) electrons. The standard InChI is InChI=1S/C17H30N8O9.C2HF3O2/c18-5-11(27)23-8(2-1-3-21-17(19)20)14(31)22-6-12(28)24-9(4-13(29)30)15(32)25-10(7-26)16(33)34;3-2(4,5)1(6)7/h8-10,26H,1-7,18H2,(H,22,31)(H,23,27)(H,24,28)(H,25,32)(H,29,30)(H,33,34)(H4,19,20,21);(H,6,7)/t8-,9-,10-;/m0./s1. The molecule has 0 bridgehead atoms. The van der Waals surface area contributed by atoms with Crippen LogP contribution in [0.5, 0.6) is 0 Å². The lowest BCUT2D eigenvalue weighted by molar-refractivity contribution is -0.192. The number of aliphatic hydroxyl groups is 1. The normalized spacial score (nSPS) is 12.6. The van der Waals surface area contributed by atoms with Gasteiger partial charge in [0, 0.05) is 6.54 Å². The summed E-state index contributed by atoms with van der Waals surface area (Å²) in [5, 5.41) is 42.4. The lowest BCUT2D eigenvalue weighted by Gasteiger charge is -2.20. The molecule has 0 saturated carbocycles. The number of carbonyl (C=O) groups is 7. The van der Waals surface area contributed by atoms with Gasteiger partial charge in [-0.25, -0.2) is 9.59 Å². The highest BCUT2D eigenvalue weighted by molar-refractivity contribution is 5.95. The van der Waals surface area contributed by atoms with E-state index in [1.807, 2.05) is 5.32 Å². The van der Waals surface area contributed by atoms with Crippen LogP contribution < -0.4 is 38.5 Å². The lowest BCUT2D eigenvalue weighted by atomic mass is 10.1. The quantitative estimate of drug-likeness (QED) is 0.0445. The van der Waals surface area contributed by atoms with Crippen LogP contribution in [-0.2, 0) is 33.6 Å². The van der Waals surface area contributed by atoms with Crippen LogP contribution in [0.4, 0.5) is 13.2 Å². The first-order chi connectivity index (χ1) is 18.8. The summed E-state index contributed by atoms with van der Waals surface area (Å²) in [4.78, 5) is 82.8. The molecule has 0 aromatic rings. The van der Waals surface area contributed by atoms with Crippen LogP contribution >= 0.6 is 0 Å². The minimum Gasteiger partial charge on any atom is -0.481 e. The number of guanidine groups is 1. The summed E-state index contributed by atoms with van der Waals surface area (Å²) in [6.07, 6.45) is -5.59. The second-order valence-electron chi connectivity index (χ2n) is 7.59. The third-order valence-electron chi connectivity index (χ3n) is 4.28. The molecule has 22 heteroatoms. The smallest absolute Gasteiger partial charge is 0.481 e. The first-order valence-electron chi connectivity index (χ1n) is 11.1. The molecule has 0 rings (SSSR count). The van der Waals surface area contributed by atoms with Gasteiger partial charge in [-0.1, -0.05) is 0 Å². The number of carboxylic acids is 3. The second kappa shape index (κ2) is 19.3. The Balaban J connectivity index is 0. The predicted octanol–water partition coefficient (Wildman–Crippen LogP) is -5.25. The van der Waals surface area contributed by atoms with Gasteiger partial charge in [-0.05, 0) is 12.8 Å². The molecule has 0 aromatic heterocycles. The molecule has 3 atom stereocenters. The minimum absolute atomic E-state index is 0.0950. The fourth-order valence-corrected chi connectivity index (χ4v) is 2.40. The molecule has 0 unspecified atom stereocenters. The molecule has 0 fully saturated rings. The van der Waals surface area contributed by atoms with Crippen molar-refractivity contribution >= 4 is 47.5 Å². The van der Waals surface area contributed by atoms with E-state index in [0.29, 0.717) is 6.42 Å². The van der Waals surface area contributed by atoms with Gasteiger partial charge >= 0.3 is 24.1 Å². The van der Waals surface area contributed by atoms with E-state index in [2.05, 4.69) is 20.9 Å². The van der Waals surface area contributed by atoms with Gasteiger partial charge in [0.2, 0.25) is 23.6 Å². The van der Waals surface area contributed by atoms with E-state index < -0.39 is 92.0 Å². The van der Waals surface area contributed by atoms with Gasteiger partial charge in [0.15, 0.2) is 5.96 Å². The summed E-state index contributed by atoms with van der Waals surface area (Å²) < 4.78 is 31.7. The average molecular weight is 604 g/mol. The molecule has 0 aliphatic carbocycles. The number of hydrogen-bond acceptors (Lipinski definition) is 10. The van der Waals surface area contributed by atoms with Crippen molar-refractivity contribution in [3.05, 3.63) is 0 Å². The molecule has 234 valence electrons. The Morgan fingerprint density at radius 2 is 1.37 bits per heavy atom. The van der Waals surface area contributed by atoms with E-state index >= 15 is 0 Å². The second-order valence-corrected chi connectivity index (χ2v) is 7.59. The number of aliphatic imine (C=N–C) groups is 1. The third-order valence-corrected chi connectivity index (χ3v) is 4.28. The number of nitrogens with one attached hydrogen (secondary N) is 4. The molecule has 0 aromatic carbocycles. The number of amides is 4. The molecule has 0 aliphatic rings. The number of nitrogens with zero attached hydrogens (tertiary/aromatic N) is 1. The summed E-state index contributed by atoms with van der Waals surface area (Å²) in [7, 11) is 0. The molecule has 41 heavy (non-hydrogen) atoms. The number of aliphatic hydroxyl groups excluding tert-OH is 1. The third kappa shape index (κ3) is 19.0. The molecule has 0 spiro atoms. The summed E-state index contributed by atoms with van der Waals surface area (Å²) >= 11 is 0. The zero-order valence-electron chi connectivity index (χ0n) is 21.1. The highest BCUT2D eigenvalue weighted by Gasteiger charge is 2.38. The number of hydrogen-bond donors (Lipinski definition) is 11. The van der Waals surface area contributed by atoms with Crippen LogP contribution in [-0.4, -0.2) is 118 Å². The number of nitrogens with two attached hydrogens (primary N) is 3. The van der Waals surface area contributed by atoms with E-state index in [1.54, 1.807) is 0 Å². The Labute approximate surface area is 228 Å². The maximum Gasteiger partial charge on any atom is 0.490 e. The molecular formula is C19H31F3N8O11. The van der Waals surface area contributed by atoms with Crippen molar-refractivity contribution in [3.8, 4) is 0 Å².